The second kappa shape index (κ2) is 13.9. The van der Waals surface area contributed by atoms with Crippen molar-refractivity contribution in [3.05, 3.63) is 109 Å². The summed E-state index contributed by atoms with van der Waals surface area (Å²) < 4.78 is 31.7. The molecule has 0 fully saturated rings. The van der Waals surface area contributed by atoms with E-state index in [1.54, 1.807) is 12.4 Å². The van der Waals surface area contributed by atoms with Crippen LogP contribution in [0, 0.1) is 0 Å². The van der Waals surface area contributed by atoms with Crippen LogP contribution in [-0.2, 0) is 53.3 Å². The summed E-state index contributed by atoms with van der Waals surface area (Å²) in [4.78, 5) is 17.3. The van der Waals surface area contributed by atoms with Gasteiger partial charge in [-0.3, -0.25) is 9.97 Å². The Morgan fingerprint density at radius 3 is 1.29 bits per heavy atom. The molecular formula is C25H19F3N2O2Pt2+4. The number of carbonyl (C=O) groups is 1. The number of halogens is 3. The summed E-state index contributed by atoms with van der Waals surface area (Å²) in [5, 5.41) is 7.12. The van der Waals surface area contributed by atoms with Gasteiger partial charge >= 0.3 is 54.3 Å². The molecule has 0 aliphatic rings. The smallest absolute Gasteiger partial charge is 0.475 e. The fourth-order valence-corrected chi connectivity index (χ4v) is 2.93. The summed E-state index contributed by atoms with van der Waals surface area (Å²) in [5.74, 6) is -2.76. The number of hydrogen-bond acceptors (Lipinski definition) is 3. The molecule has 0 atom stereocenters. The molecule has 2 aromatic heterocycles. The second-order valence-electron chi connectivity index (χ2n) is 6.86. The van der Waals surface area contributed by atoms with E-state index in [2.05, 4.69) is 70.6 Å². The van der Waals surface area contributed by atoms with Crippen LogP contribution in [0.3, 0.4) is 0 Å². The van der Waals surface area contributed by atoms with Crippen LogP contribution in [0.25, 0.3) is 22.3 Å². The van der Waals surface area contributed by atoms with Gasteiger partial charge in [0.2, 0.25) is 0 Å². The molecule has 0 amide bonds. The van der Waals surface area contributed by atoms with Gasteiger partial charge in [0, 0.05) is 24.8 Å². The maximum Gasteiger partial charge on any atom is 2.00 e. The normalized spacial score (nSPS) is 10.1. The van der Waals surface area contributed by atoms with Crippen molar-refractivity contribution in [3.8, 4) is 22.3 Å². The fourth-order valence-electron chi connectivity index (χ4n) is 2.93. The standard InChI is InChI=1S/C23H18N2.C2HF3O2.2Pt/c1-3-22(16-24-13-1)20-9-5-18(6-10-20)15-19-7-11-21(12-8-19)23-4-2-14-25-17-23;3-2(4,5)1(6)7;;/h1-14,16-17H,15H2;(H,6,7);;/q;;2*+2. The molecule has 0 saturated heterocycles. The molecule has 1 N–H and O–H groups in total. The average molecular weight is 827 g/mol. The van der Waals surface area contributed by atoms with Crippen LogP contribution in [0.1, 0.15) is 11.1 Å². The summed E-state index contributed by atoms with van der Waals surface area (Å²) >= 11 is 0. The third-order valence-electron chi connectivity index (χ3n) is 4.55. The molecule has 0 saturated carbocycles. The van der Waals surface area contributed by atoms with Gasteiger partial charge < -0.3 is 5.11 Å². The zero-order chi connectivity index (χ0) is 23.0. The minimum absolute atomic E-state index is 0. The quantitative estimate of drug-likeness (QED) is 0.274. The van der Waals surface area contributed by atoms with Gasteiger partial charge in [-0.1, -0.05) is 60.7 Å². The molecule has 9 heteroatoms. The average Bonchev–Trinajstić information content (AvgIpc) is 2.81. The minimum atomic E-state index is -5.08. The van der Waals surface area contributed by atoms with E-state index in [1.165, 1.54) is 22.3 Å². The van der Waals surface area contributed by atoms with Gasteiger partial charge in [0.15, 0.2) is 0 Å². The van der Waals surface area contributed by atoms with Crippen LogP contribution in [0.4, 0.5) is 13.2 Å². The first kappa shape index (κ1) is 29.4. The number of carboxylic acid groups (broad SMARTS) is 1. The Kier molecular flexibility index (Phi) is 12.1. The minimum Gasteiger partial charge on any atom is -0.475 e. The van der Waals surface area contributed by atoms with Crippen molar-refractivity contribution < 1.29 is 65.2 Å². The fraction of sp³-hybridized carbons (Fsp3) is 0.0800. The predicted octanol–water partition coefficient (Wildman–Crippen LogP) is 6.03. The summed E-state index contributed by atoms with van der Waals surface area (Å²) in [6, 6.07) is 25.5. The zero-order valence-corrected chi connectivity index (χ0v) is 22.0. The number of pyridine rings is 2. The SMILES string of the molecule is O=C(O)C(F)(F)F.[Pt+2].[Pt+2].c1cncc(-c2ccc(Cc3ccc(-c4cccnc4)cc3)cc2)c1. The Bertz CT molecular complexity index is 1060. The molecule has 0 radical (unpaired) electrons. The Morgan fingerprint density at radius 2 is 1.03 bits per heavy atom. The Hall–Kier alpha value is -2.62. The van der Waals surface area contributed by atoms with Crippen molar-refractivity contribution >= 4 is 5.97 Å². The third kappa shape index (κ3) is 8.96. The van der Waals surface area contributed by atoms with Crippen LogP contribution in [-0.4, -0.2) is 27.2 Å². The monoisotopic (exact) mass is 826 g/mol. The maximum atomic E-state index is 10.6. The van der Waals surface area contributed by atoms with Gasteiger partial charge in [0.05, 0.1) is 0 Å². The number of carboxylic acids is 1. The summed E-state index contributed by atoms with van der Waals surface area (Å²) in [6.07, 6.45) is 3.24. The van der Waals surface area contributed by atoms with Gasteiger partial charge in [-0.2, -0.15) is 13.2 Å². The molecule has 0 aliphatic carbocycles. The van der Waals surface area contributed by atoms with E-state index in [-0.39, 0.29) is 42.1 Å². The summed E-state index contributed by atoms with van der Waals surface area (Å²) in [7, 11) is 0. The van der Waals surface area contributed by atoms with Gasteiger partial charge in [0.1, 0.15) is 0 Å². The van der Waals surface area contributed by atoms with Crippen LogP contribution >= 0.6 is 0 Å². The molecule has 178 valence electrons. The number of nitrogens with zero attached hydrogens (tertiary/aromatic N) is 2. The van der Waals surface area contributed by atoms with E-state index in [0.717, 1.165) is 17.5 Å². The number of aliphatic carboxylic acids is 1. The van der Waals surface area contributed by atoms with Gasteiger partial charge in [-0.25, -0.2) is 4.79 Å². The van der Waals surface area contributed by atoms with Crippen molar-refractivity contribution in [3.63, 3.8) is 0 Å². The number of benzene rings is 2. The number of hydrogen-bond donors (Lipinski definition) is 1. The first-order chi connectivity index (χ1) is 15.3. The van der Waals surface area contributed by atoms with Crippen molar-refractivity contribution in [2.45, 2.75) is 12.6 Å². The summed E-state index contributed by atoms with van der Waals surface area (Å²) in [6.45, 7) is 0. The Balaban J connectivity index is 0.000000567. The van der Waals surface area contributed by atoms with E-state index in [9.17, 15) is 13.2 Å². The number of alkyl halides is 3. The van der Waals surface area contributed by atoms with E-state index in [4.69, 9.17) is 9.90 Å². The van der Waals surface area contributed by atoms with Crippen LogP contribution < -0.4 is 0 Å². The molecule has 2 heterocycles. The molecule has 4 nitrogen and oxygen atoms in total. The van der Waals surface area contributed by atoms with Crippen molar-refractivity contribution in [1.29, 1.82) is 0 Å². The van der Waals surface area contributed by atoms with Gasteiger partial charge in [-0.05, 0) is 51.9 Å². The molecule has 4 rings (SSSR count). The first-order valence-corrected chi connectivity index (χ1v) is 9.62. The van der Waals surface area contributed by atoms with Crippen LogP contribution in [0.15, 0.2) is 97.6 Å². The molecular weight excluding hydrogens is 807 g/mol. The third-order valence-corrected chi connectivity index (χ3v) is 4.55. The van der Waals surface area contributed by atoms with Gasteiger partial charge in [-0.15, -0.1) is 0 Å². The van der Waals surface area contributed by atoms with E-state index >= 15 is 0 Å². The second-order valence-corrected chi connectivity index (χ2v) is 6.86. The maximum absolute atomic E-state index is 10.6. The Labute approximate surface area is 223 Å². The predicted molar refractivity (Wildman–Crippen MR) is 116 cm³/mol. The molecule has 4 aromatic rings. The van der Waals surface area contributed by atoms with E-state index in [1.807, 2.05) is 24.5 Å². The molecule has 2 aromatic carbocycles. The molecule has 34 heavy (non-hydrogen) atoms. The number of aromatic nitrogens is 2. The van der Waals surface area contributed by atoms with Crippen molar-refractivity contribution in [1.82, 2.24) is 9.97 Å². The Morgan fingerprint density at radius 1 is 0.676 bits per heavy atom. The van der Waals surface area contributed by atoms with Crippen molar-refractivity contribution in [2.75, 3.05) is 0 Å². The van der Waals surface area contributed by atoms with Crippen LogP contribution in [0.2, 0.25) is 0 Å². The largest absolute Gasteiger partial charge is 2.00 e. The van der Waals surface area contributed by atoms with Gasteiger partial charge in [0.25, 0.3) is 0 Å². The van der Waals surface area contributed by atoms with Crippen LogP contribution in [0.5, 0.6) is 0 Å². The zero-order valence-electron chi connectivity index (χ0n) is 17.5. The van der Waals surface area contributed by atoms with E-state index in [0.29, 0.717) is 0 Å². The van der Waals surface area contributed by atoms with E-state index < -0.39 is 12.1 Å². The molecule has 0 spiro atoms. The number of rotatable bonds is 4. The molecule has 0 unspecified atom stereocenters. The topological polar surface area (TPSA) is 63.1 Å². The van der Waals surface area contributed by atoms with Crippen molar-refractivity contribution in [2.24, 2.45) is 0 Å². The molecule has 0 aliphatic heterocycles. The summed E-state index contributed by atoms with van der Waals surface area (Å²) in [5.41, 5.74) is 7.31. The first-order valence-electron chi connectivity index (χ1n) is 9.62. The molecule has 0 bridgehead atoms.